The second-order valence-electron chi connectivity index (χ2n) is 3.83. The van der Waals surface area contributed by atoms with E-state index in [0.29, 0.717) is 13.2 Å². The quantitative estimate of drug-likeness (QED) is 0.853. The Bertz CT molecular complexity index is 462. The molecule has 4 nitrogen and oxygen atoms in total. The second kappa shape index (κ2) is 7.16. The average molecular weight is 284 g/mol. The van der Waals surface area contributed by atoms with Crippen LogP contribution in [0.25, 0.3) is 6.08 Å². The van der Waals surface area contributed by atoms with Crippen LogP contribution in [0, 0.1) is 0 Å². The number of fused-ring (bicyclic) bond motifs is 1. The van der Waals surface area contributed by atoms with Gasteiger partial charge in [-0.05, 0) is 31.6 Å². The highest BCUT2D eigenvalue weighted by atomic mass is 35.5. The number of carbonyl (C=O) groups excluding carboxylic acids is 1. The summed E-state index contributed by atoms with van der Waals surface area (Å²) in [4.78, 5) is 13.6. The number of rotatable bonds is 3. The molecule has 2 rings (SSSR count). The van der Waals surface area contributed by atoms with Crippen molar-refractivity contribution in [3.8, 4) is 0 Å². The molecule has 1 aromatic carbocycles. The van der Waals surface area contributed by atoms with Crippen LogP contribution in [0.1, 0.15) is 19.4 Å². The first-order valence-corrected chi connectivity index (χ1v) is 6.12. The first-order chi connectivity index (χ1) is 8.77. The number of halogens is 1. The molecule has 1 unspecified atom stereocenters. The molecule has 19 heavy (non-hydrogen) atoms. The van der Waals surface area contributed by atoms with Crippen molar-refractivity contribution in [2.45, 2.75) is 20.1 Å². The van der Waals surface area contributed by atoms with Gasteiger partial charge in [0.25, 0.3) is 0 Å². The number of hydrogen-bond donors (Lipinski definition) is 0. The van der Waals surface area contributed by atoms with Crippen LogP contribution in [0.3, 0.4) is 0 Å². The Kier molecular flexibility index (Phi) is 5.86. The summed E-state index contributed by atoms with van der Waals surface area (Å²) in [5.74, 6) is 0. The number of amides is 1. The highest BCUT2D eigenvalue weighted by molar-refractivity contribution is 5.93. The second-order valence-corrected chi connectivity index (χ2v) is 3.83. The van der Waals surface area contributed by atoms with Crippen molar-refractivity contribution in [3.63, 3.8) is 0 Å². The number of ether oxygens (including phenoxy) is 2. The smallest absolute Gasteiger partial charge is 0.416 e. The lowest BCUT2D eigenvalue weighted by Gasteiger charge is -2.32. The molecule has 1 amide bonds. The normalized spacial score (nSPS) is 16.5. The zero-order chi connectivity index (χ0) is 13.0. The van der Waals surface area contributed by atoms with Crippen molar-refractivity contribution < 1.29 is 14.3 Å². The molecule has 1 atom stereocenters. The standard InChI is InChI=1S/C14H17NO3.ClH/c1-3-17-13-10-9-11-7-5-6-8-12(11)15(13)14(16)18-4-2;/h5-10,13H,3-4H2,1-2H3;1H. The summed E-state index contributed by atoms with van der Waals surface area (Å²) in [6, 6.07) is 7.68. The van der Waals surface area contributed by atoms with E-state index in [1.807, 2.05) is 43.3 Å². The molecule has 0 aromatic heterocycles. The molecular formula is C14H18ClNO3. The topological polar surface area (TPSA) is 38.8 Å². The monoisotopic (exact) mass is 283 g/mol. The van der Waals surface area contributed by atoms with Crippen LogP contribution in [-0.2, 0) is 9.47 Å². The van der Waals surface area contributed by atoms with Crippen LogP contribution in [0.5, 0.6) is 0 Å². The minimum absolute atomic E-state index is 0. The lowest BCUT2D eigenvalue weighted by Crippen LogP contribution is -2.43. The highest BCUT2D eigenvalue weighted by Crippen LogP contribution is 2.29. The van der Waals surface area contributed by atoms with Crippen molar-refractivity contribution in [2.75, 3.05) is 18.1 Å². The van der Waals surface area contributed by atoms with Crippen LogP contribution in [-0.4, -0.2) is 25.5 Å². The molecule has 0 saturated heterocycles. The van der Waals surface area contributed by atoms with E-state index in [4.69, 9.17) is 9.47 Å². The molecular weight excluding hydrogens is 266 g/mol. The molecule has 0 fully saturated rings. The van der Waals surface area contributed by atoms with Gasteiger partial charge in [-0.25, -0.2) is 9.69 Å². The van der Waals surface area contributed by atoms with E-state index >= 15 is 0 Å². The van der Waals surface area contributed by atoms with Gasteiger partial charge in [-0.3, -0.25) is 0 Å². The molecule has 0 saturated carbocycles. The van der Waals surface area contributed by atoms with E-state index in [0.717, 1.165) is 11.3 Å². The zero-order valence-corrected chi connectivity index (χ0v) is 11.9. The zero-order valence-electron chi connectivity index (χ0n) is 11.0. The Morgan fingerprint density at radius 2 is 2.00 bits per heavy atom. The third-order valence-corrected chi connectivity index (χ3v) is 2.69. The van der Waals surface area contributed by atoms with Crippen LogP contribution in [0.2, 0.25) is 0 Å². The van der Waals surface area contributed by atoms with Crippen molar-refractivity contribution in [2.24, 2.45) is 0 Å². The predicted molar refractivity (Wildman–Crippen MR) is 77.6 cm³/mol. The third kappa shape index (κ3) is 3.28. The van der Waals surface area contributed by atoms with Crippen molar-refractivity contribution in [3.05, 3.63) is 35.9 Å². The van der Waals surface area contributed by atoms with E-state index in [1.54, 1.807) is 11.8 Å². The molecule has 1 aliphatic heterocycles. The molecule has 1 aromatic rings. The number of nitrogens with zero attached hydrogens (tertiary/aromatic N) is 1. The number of hydrogen-bond acceptors (Lipinski definition) is 3. The van der Waals surface area contributed by atoms with Gasteiger partial charge < -0.3 is 9.47 Å². The molecule has 0 aliphatic carbocycles. The maximum Gasteiger partial charge on any atom is 0.416 e. The van der Waals surface area contributed by atoms with Gasteiger partial charge in [0.05, 0.1) is 12.3 Å². The lowest BCUT2D eigenvalue weighted by atomic mass is 10.1. The summed E-state index contributed by atoms with van der Waals surface area (Å²) in [5, 5.41) is 0. The largest absolute Gasteiger partial charge is 0.449 e. The van der Waals surface area contributed by atoms with E-state index < -0.39 is 6.23 Å². The fraction of sp³-hybridized carbons (Fsp3) is 0.357. The molecule has 0 N–H and O–H groups in total. The van der Waals surface area contributed by atoms with Gasteiger partial charge in [-0.15, -0.1) is 12.4 Å². The van der Waals surface area contributed by atoms with Crippen LogP contribution in [0.15, 0.2) is 30.3 Å². The van der Waals surface area contributed by atoms with E-state index in [1.165, 1.54) is 0 Å². The number of benzene rings is 1. The molecule has 1 heterocycles. The van der Waals surface area contributed by atoms with E-state index in [-0.39, 0.29) is 18.5 Å². The molecule has 0 bridgehead atoms. The Morgan fingerprint density at radius 3 is 2.68 bits per heavy atom. The van der Waals surface area contributed by atoms with Gasteiger partial charge in [-0.2, -0.15) is 0 Å². The molecule has 1 aliphatic rings. The van der Waals surface area contributed by atoms with Crippen LogP contribution in [0.4, 0.5) is 10.5 Å². The summed E-state index contributed by atoms with van der Waals surface area (Å²) < 4.78 is 10.6. The molecule has 0 spiro atoms. The van der Waals surface area contributed by atoms with Gasteiger partial charge in [0.15, 0.2) is 6.23 Å². The highest BCUT2D eigenvalue weighted by Gasteiger charge is 2.29. The molecule has 5 heteroatoms. The summed E-state index contributed by atoms with van der Waals surface area (Å²) in [7, 11) is 0. The minimum atomic E-state index is -0.399. The fourth-order valence-electron chi connectivity index (χ4n) is 1.95. The fourth-order valence-corrected chi connectivity index (χ4v) is 1.95. The third-order valence-electron chi connectivity index (χ3n) is 2.69. The minimum Gasteiger partial charge on any atom is -0.449 e. The first-order valence-electron chi connectivity index (χ1n) is 6.12. The van der Waals surface area contributed by atoms with Crippen molar-refractivity contribution >= 4 is 30.3 Å². The molecule has 0 radical (unpaired) electrons. The maximum atomic E-state index is 12.0. The first kappa shape index (κ1) is 15.5. The van der Waals surface area contributed by atoms with Crippen molar-refractivity contribution in [1.29, 1.82) is 0 Å². The molecule has 104 valence electrons. The Labute approximate surface area is 119 Å². The summed E-state index contributed by atoms with van der Waals surface area (Å²) in [6.07, 6.45) is 3.05. The Balaban J connectivity index is 0.00000180. The lowest BCUT2D eigenvalue weighted by molar-refractivity contribution is 0.0830. The van der Waals surface area contributed by atoms with Gasteiger partial charge in [0.2, 0.25) is 0 Å². The Hall–Kier alpha value is -1.52. The van der Waals surface area contributed by atoms with Gasteiger partial charge >= 0.3 is 6.09 Å². The van der Waals surface area contributed by atoms with E-state index in [9.17, 15) is 4.79 Å². The number of para-hydroxylation sites is 1. The maximum absolute atomic E-state index is 12.0. The van der Waals surface area contributed by atoms with Gasteiger partial charge in [0, 0.05) is 6.61 Å². The van der Waals surface area contributed by atoms with Gasteiger partial charge in [0.1, 0.15) is 0 Å². The van der Waals surface area contributed by atoms with E-state index in [2.05, 4.69) is 0 Å². The SMILES string of the molecule is CCOC(=O)N1c2ccccc2C=CC1OCC.Cl. The average Bonchev–Trinajstić information content (AvgIpc) is 2.39. The summed E-state index contributed by atoms with van der Waals surface area (Å²) in [5.41, 5.74) is 1.80. The van der Waals surface area contributed by atoms with Crippen molar-refractivity contribution in [1.82, 2.24) is 0 Å². The number of anilines is 1. The van der Waals surface area contributed by atoms with Crippen LogP contribution >= 0.6 is 12.4 Å². The predicted octanol–water partition coefficient (Wildman–Crippen LogP) is 3.46. The summed E-state index contributed by atoms with van der Waals surface area (Å²) in [6.45, 7) is 4.57. The summed E-state index contributed by atoms with van der Waals surface area (Å²) >= 11 is 0. The Morgan fingerprint density at radius 1 is 1.26 bits per heavy atom. The number of carbonyl (C=O) groups is 1. The van der Waals surface area contributed by atoms with Gasteiger partial charge in [-0.1, -0.05) is 24.3 Å². The van der Waals surface area contributed by atoms with Crippen LogP contribution < -0.4 is 4.90 Å².